The first-order valence-electron chi connectivity index (χ1n) is 12.7. The van der Waals surface area contributed by atoms with Crippen molar-refractivity contribution in [1.29, 1.82) is 0 Å². The Morgan fingerprint density at radius 2 is 1.65 bits per heavy atom. The zero-order valence-corrected chi connectivity index (χ0v) is 22.0. The predicted octanol–water partition coefficient (Wildman–Crippen LogP) is 4.22. The summed E-state index contributed by atoms with van der Waals surface area (Å²) in [6.07, 6.45) is -4.64. The number of aryl methyl sites for hydroxylation is 1. The summed E-state index contributed by atoms with van der Waals surface area (Å²) in [6.45, 7) is 4.92. The molecule has 4 aromatic rings. The van der Waals surface area contributed by atoms with E-state index in [9.17, 15) is 22.8 Å². The van der Waals surface area contributed by atoms with E-state index >= 15 is 0 Å². The van der Waals surface area contributed by atoms with Crippen LogP contribution in [0.25, 0.3) is 10.9 Å². The first-order valence-corrected chi connectivity index (χ1v) is 12.7. The molecule has 0 radical (unpaired) electrons. The van der Waals surface area contributed by atoms with E-state index in [1.54, 1.807) is 18.2 Å². The zero-order valence-electron chi connectivity index (χ0n) is 22.0. The fourth-order valence-corrected chi connectivity index (χ4v) is 4.57. The highest BCUT2D eigenvalue weighted by Gasteiger charge is 2.35. The molecular formula is C28H28F3N7O2. The number of nitrogens with one attached hydrogen (secondary N) is 3. The van der Waals surface area contributed by atoms with Gasteiger partial charge in [0, 0.05) is 66.2 Å². The number of anilines is 2. The van der Waals surface area contributed by atoms with Gasteiger partial charge in [-0.15, -0.1) is 0 Å². The Hall–Kier alpha value is -4.45. The van der Waals surface area contributed by atoms with Gasteiger partial charge in [0.1, 0.15) is 5.69 Å². The predicted molar refractivity (Wildman–Crippen MR) is 145 cm³/mol. The number of rotatable bonds is 6. The van der Waals surface area contributed by atoms with Crippen LogP contribution in [-0.2, 0) is 12.7 Å². The Morgan fingerprint density at radius 3 is 2.35 bits per heavy atom. The molecule has 12 heteroatoms. The van der Waals surface area contributed by atoms with Crippen molar-refractivity contribution in [2.45, 2.75) is 19.6 Å². The second kappa shape index (κ2) is 11.0. The van der Waals surface area contributed by atoms with Gasteiger partial charge in [-0.05, 0) is 62.5 Å². The van der Waals surface area contributed by atoms with E-state index in [0.717, 1.165) is 31.9 Å². The maximum atomic E-state index is 13.4. The molecule has 0 spiro atoms. The van der Waals surface area contributed by atoms with Crippen LogP contribution < -0.4 is 15.5 Å². The Kier molecular flexibility index (Phi) is 7.44. The van der Waals surface area contributed by atoms with Crippen molar-refractivity contribution in [3.8, 4) is 0 Å². The molecule has 1 saturated heterocycles. The molecule has 5 rings (SSSR count). The lowest BCUT2D eigenvalue weighted by atomic mass is 10.1. The van der Waals surface area contributed by atoms with Crippen molar-refractivity contribution in [3.05, 3.63) is 82.7 Å². The van der Waals surface area contributed by atoms with Crippen LogP contribution in [0.5, 0.6) is 0 Å². The van der Waals surface area contributed by atoms with E-state index < -0.39 is 17.8 Å². The third-order valence-corrected chi connectivity index (χ3v) is 6.88. The molecule has 2 aromatic carbocycles. The number of hydrogen-bond donors (Lipinski definition) is 3. The molecule has 208 valence electrons. The number of H-pyrrole nitrogens is 1. The molecule has 2 aromatic heterocycles. The minimum atomic E-state index is -4.64. The highest BCUT2D eigenvalue weighted by atomic mass is 19.4. The van der Waals surface area contributed by atoms with Crippen molar-refractivity contribution in [2.75, 3.05) is 43.4 Å². The van der Waals surface area contributed by atoms with Gasteiger partial charge in [0.05, 0.1) is 5.52 Å². The number of pyridine rings is 1. The molecule has 0 atom stereocenters. The number of hydrogen-bond acceptors (Lipinski definition) is 6. The van der Waals surface area contributed by atoms with E-state index in [0.29, 0.717) is 16.5 Å². The zero-order chi connectivity index (χ0) is 28.4. The van der Waals surface area contributed by atoms with Crippen LogP contribution >= 0.6 is 0 Å². The normalized spacial score (nSPS) is 14.4. The van der Waals surface area contributed by atoms with Crippen LogP contribution in [0, 0.1) is 6.92 Å². The number of piperazine rings is 1. The van der Waals surface area contributed by atoms with Gasteiger partial charge in [-0.2, -0.15) is 18.3 Å². The smallest absolute Gasteiger partial charge is 0.369 e. The number of carbonyl (C=O) groups excluding carboxylic acids is 2. The second-order valence-corrected chi connectivity index (χ2v) is 9.76. The van der Waals surface area contributed by atoms with Crippen LogP contribution in [0.4, 0.5) is 24.7 Å². The molecule has 3 heterocycles. The highest BCUT2D eigenvalue weighted by Crippen LogP contribution is 2.31. The highest BCUT2D eigenvalue weighted by molar-refractivity contribution is 6.09. The lowest BCUT2D eigenvalue weighted by molar-refractivity contribution is -0.142. The summed E-state index contributed by atoms with van der Waals surface area (Å²) in [6, 6.07) is 14.8. The van der Waals surface area contributed by atoms with E-state index in [2.05, 4.69) is 42.7 Å². The molecule has 3 N–H and O–H groups in total. The molecule has 40 heavy (non-hydrogen) atoms. The number of carbonyl (C=O) groups is 2. The van der Waals surface area contributed by atoms with Crippen LogP contribution in [-0.4, -0.2) is 65.1 Å². The Morgan fingerprint density at radius 1 is 0.950 bits per heavy atom. The number of nitrogens with zero attached hydrogens (tertiary/aromatic N) is 4. The number of alkyl halides is 3. The molecule has 2 amide bonds. The van der Waals surface area contributed by atoms with Gasteiger partial charge >= 0.3 is 6.18 Å². The minimum absolute atomic E-state index is 0.137. The summed E-state index contributed by atoms with van der Waals surface area (Å²) >= 11 is 0. The molecule has 1 fully saturated rings. The molecular weight excluding hydrogens is 523 g/mol. The lowest BCUT2D eigenvalue weighted by Gasteiger charge is -2.34. The van der Waals surface area contributed by atoms with Gasteiger partial charge in [-0.1, -0.05) is 6.07 Å². The summed E-state index contributed by atoms with van der Waals surface area (Å²) in [5.41, 5.74) is 1.36. The average Bonchev–Trinajstić information content (AvgIpc) is 3.34. The van der Waals surface area contributed by atoms with Crippen LogP contribution in [0.15, 0.2) is 54.6 Å². The Labute approximate surface area is 228 Å². The van der Waals surface area contributed by atoms with Gasteiger partial charge < -0.3 is 20.4 Å². The van der Waals surface area contributed by atoms with Crippen LogP contribution in [0.2, 0.25) is 0 Å². The molecule has 0 bridgehead atoms. The van der Waals surface area contributed by atoms with E-state index in [4.69, 9.17) is 0 Å². The van der Waals surface area contributed by atoms with Gasteiger partial charge in [-0.3, -0.25) is 14.7 Å². The van der Waals surface area contributed by atoms with E-state index in [1.165, 1.54) is 31.2 Å². The standard InChI is InChI=1S/C28H28F3N7O2/c1-17-3-4-20(24(33-17)28(29,30)31)16-32-26(39)19-7-10-23-22(15-19)25(36-35-23)34-27(40)18-5-8-21(9-6-18)38-13-11-37(2)12-14-38/h3-10,15H,11-14,16H2,1-2H3,(H,32,39)(H2,34,35,36,40). The van der Waals surface area contributed by atoms with E-state index in [-0.39, 0.29) is 35.1 Å². The first-order chi connectivity index (χ1) is 19.1. The largest absolute Gasteiger partial charge is 0.433 e. The van der Waals surface area contributed by atoms with Crippen LogP contribution in [0.1, 0.15) is 37.7 Å². The van der Waals surface area contributed by atoms with Crippen molar-refractivity contribution in [2.24, 2.45) is 0 Å². The summed E-state index contributed by atoms with van der Waals surface area (Å²) in [5, 5.41) is 12.8. The molecule has 9 nitrogen and oxygen atoms in total. The minimum Gasteiger partial charge on any atom is -0.369 e. The number of amides is 2. The first kappa shape index (κ1) is 27.1. The summed E-state index contributed by atoms with van der Waals surface area (Å²) in [7, 11) is 2.09. The Balaban J connectivity index is 1.27. The number of halogens is 3. The van der Waals surface area contributed by atoms with Crippen molar-refractivity contribution < 1.29 is 22.8 Å². The number of fused-ring (bicyclic) bond motifs is 1. The third-order valence-electron chi connectivity index (χ3n) is 6.88. The summed E-state index contributed by atoms with van der Waals surface area (Å²) < 4.78 is 40.1. The number of likely N-dealkylation sites (N-methyl/N-ethyl adjacent to an activating group) is 1. The van der Waals surface area contributed by atoms with Gasteiger partial charge in [0.15, 0.2) is 5.82 Å². The van der Waals surface area contributed by atoms with Gasteiger partial charge in [0.2, 0.25) is 0 Å². The third kappa shape index (κ3) is 5.91. The topological polar surface area (TPSA) is 106 Å². The maximum Gasteiger partial charge on any atom is 0.433 e. The SMILES string of the molecule is Cc1ccc(CNC(=O)c2ccc3[nH]nc(NC(=O)c4ccc(N5CCN(C)CC5)cc4)c3c2)c(C(F)(F)F)n1. The summed E-state index contributed by atoms with van der Waals surface area (Å²) in [5.74, 6) is -0.701. The molecule has 0 saturated carbocycles. The average molecular weight is 552 g/mol. The molecule has 1 aliphatic heterocycles. The fourth-order valence-electron chi connectivity index (χ4n) is 4.57. The lowest BCUT2D eigenvalue weighted by Crippen LogP contribution is -2.44. The van der Waals surface area contributed by atoms with Gasteiger partial charge in [0.25, 0.3) is 11.8 Å². The molecule has 0 unspecified atom stereocenters. The quantitative estimate of drug-likeness (QED) is 0.332. The fraction of sp³-hybridized carbons (Fsp3) is 0.286. The number of aromatic nitrogens is 3. The van der Waals surface area contributed by atoms with Gasteiger partial charge in [-0.25, -0.2) is 4.98 Å². The second-order valence-electron chi connectivity index (χ2n) is 9.76. The van der Waals surface area contributed by atoms with Crippen molar-refractivity contribution in [3.63, 3.8) is 0 Å². The van der Waals surface area contributed by atoms with Crippen LogP contribution in [0.3, 0.4) is 0 Å². The summed E-state index contributed by atoms with van der Waals surface area (Å²) in [4.78, 5) is 33.9. The molecule has 0 aliphatic carbocycles. The number of benzene rings is 2. The maximum absolute atomic E-state index is 13.4. The number of aromatic amines is 1. The Bertz CT molecular complexity index is 1540. The molecule has 1 aliphatic rings. The monoisotopic (exact) mass is 551 g/mol. The van der Waals surface area contributed by atoms with Crippen molar-refractivity contribution in [1.82, 2.24) is 25.4 Å². The van der Waals surface area contributed by atoms with E-state index in [1.807, 2.05) is 12.1 Å². The van der Waals surface area contributed by atoms with Crippen molar-refractivity contribution >= 4 is 34.2 Å².